The second-order valence-electron chi connectivity index (χ2n) is 3.97. The lowest BCUT2D eigenvalue weighted by Crippen LogP contribution is -2.35. The summed E-state index contributed by atoms with van der Waals surface area (Å²) in [6.45, 7) is 1.76. The summed E-state index contributed by atoms with van der Waals surface area (Å²) >= 11 is 0. The van der Waals surface area contributed by atoms with Gasteiger partial charge in [0.15, 0.2) is 0 Å². The van der Waals surface area contributed by atoms with Gasteiger partial charge in [0.2, 0.25) is 0 Å². The van der Waals surface area contributed by atoms with Crippen LogP contribution in [0.1, 0.15) is 6.42 Å². The Bertz CT molecular complexity index is 155. The molecule has 78 valence electrons. The molecule has 1 aliphatic heterocycles. The number of β-amino-alcohol motifs (C(OH)–C–C–N with tert-alkyl or cyclic N) is 1. The molecular weight excluding hydrogens is 171 g/mol. The van der Waals surface area contributed by atoms with Gasteiger partial charge in [-0.25, -0.2) is 4.39 Å². The van der Waals surface area contributed by atoms with Crippen LogP contribution in [0.3, 0.4) is 0 Å². The Hall–Kier alpha value is -0.190. The molecule has 1 saturated heterocycles. The molecule has 0 amide bonds. The predicted molar refractivity (Wildman–Crippen MR) is 50.5 cm³/mol. The van der Waals surface area contributed by atoms with Crippen molar-refractivity contribution in [1.82, 2.24) is 9.80 Å². The normalized spacial score (nSPS) is 27.0. The van der Waals surface area contributed by atoms with Gasteiger partial charge in [0.1, 0.15) is 6.67 Å². The Morgan fingerprint density at radius 1 is 1.62 bits per heavy atom. The molecule has 1 N–H and O–H groups in total. The highest BCUT2D eigenvalue weighted by atomic mass is 19.1. The molecule has 0 radical (unpaired) electrons. The van der Waals surface area contributed by atoms with Crippen LogP contribution >= 0.6 is 0 Å². The molecule has 0 saturated carbocycles. The lowest BCUT2D eigenvalue weighted by molar-refractivity contribution is 0.0968. The van der Waals surface area contributed by atoms with Crippen LogP contribution in [0.2, 0.25) is 0 Å². The summed E-state index contributed by atoms with van der Waals surface area (Å²) in [6, 6.07) is 0.562. The molecule has 1 rings (SSSR count). The van der Waals surface area contributed by atoms with Crippen LogP contribution in [0.5, 0.6) is 0 Å². The molecule has 1 heterocycles. The molecule has 1 fully saturated rings. The molecule has 0 aromatic heterocycles. The zero-order chi connectivity index (χ0) is 9.84. The fraction of sp³-hybridized carbons (Fsp3) is 1.00. The van der Waals surface area contributed by atoms with Crippen LogP contribution in [-0.4, -0.2) is 67.5 Å². The summed E-state index contributed by atoms with van der Waals surface area (Å²) in [4.78, 5) is 4.30. The summed E-state index contributed by atoms with van der Waals surface area (Å²) in [5.41, 5.74) is 0. The van der Waals surface area contributed by atoms with E-state index in [9.17, 15) is 4.39 Å². The molecule has 4 heteroatoms. The van der Waals surface area contributed by atoms with Crippen molar-refractivity contribution in [2.75, 3.05) is 40.4 Å². The number of aliphatic hydroxyl groups is 1. The maximum atomic E-state index is 12.0. The molecule has 1 aliphatic rings. The van der Waals surface area contributed by atoms with Gasteiger partial charge in [0.25, 0.3) is 0 Å². The first-order valence-electron chi connectivity index (χ1n) is 4.76. The van der Waals surface area contributed by atoms with E-state index in [-0.39, 0.29) is 0 Å². The third kappa shape index (κ3) is 3.21. The van der Waals surface area contributed by atoms with Gasteiger partial charge >= 0.3 is 0 Å². The number of aliphatic hydroxyl groups excluding tert-OH is 1. The van der Waals surface area contributed by atoms with E-state index in [1.54, 1.807) is 0 Å². The van der Waals surface area contributed by atoms with Gasteiger partial charge in [-0.2, -0.15) is 0 Å². The highest BCUT2D eigenvalue weighted by Crippen LogP contribution is 2.13. The Kier molecular flexibility index (Phi) is 4.09. The van der Waals surface area contributed by atoms with Crippen LogP contribution in [-0.2, 0) is 0 Å². The summed E-state index contributed by atoms with van der Waals surface area (Å²) in [5, 5.41) is 9.11. The summed E-state index contributed by atoms with van der Waals surface area (Å²) < 4.78 is 12.0. The van der Waals surface area contributed by atoms with Crippen molar-refractivity contribution in [3.8, 4) is 0 Å². The minimum Gasteiger partial charge on any atom is -0.389 e. The Morgan fingerprint density at radius 2 is 2.31 bits per heavy atom. The van der Waals surface area contributed by atoms with Gasteiger partial charge in [-0.05, 0) is 27.1 Å². The molecule has 2 atom stereocenters. The van der Waals surface area contributed by atoms with Crippen LogP contribution in [0.4, 0.5) is 4.39 Å². The molecule has 0 bridgehead atoms. The predicted octanol–water partition coefficient (Wildman–Crippen LogP) is -0.0473. The van der Waals surface area contributed by atoms with Gasteiger partial charge < -0.3 is 10.0 Å². The van der Waals surface area contributed by atoms with E-state index >= 15 is 0 Å². The smallest absolute Gasteiger partial charge is 0.117 e. The SMILES string of the molecule is CN(C)C1CCN(CC(O)CF)C1. The number of alkyl halides is 1. The standard InChI is InChI=1S/C9H19FN2O/c1-11(2)8-3-4-12(6-8)7-9(13)5-10/h8-9,13H,3-7H2,1-2H3. The highest BCUT2D eigenvalue weighted by Gasteiger charge is 2.24. The summed E-state index contributed by atoms with van der Waals surface area (Å²) in [7, 11) is 4.11. The number of nitrogens with zero attached hydrogens (tertiary/aromatic N) is 2. The van der Waals surface area contributed by atoms with Gasteiger partial charge in [-0.15, -0.1) is 0 Å². The molecule has 3 nitrogen and oxygen atoms in total. The Morgan fingerprint density at radius 3 is 2.77 bits per heavy atom. The van der Waals surface area contributed by atoms with Crippen molar-refractivity contribution in [3.05, 3.63) is 0 Å². The maximum Gasteiger partial charge on any atom is 0.117 e. The van der Waals surface area contributed by atoms with Gasteiger partial charge in [-0.1, -0.05) is 0 Å². The van der Waals surface area contributed by atoms with E-state index in [2.05, 4.69) is 23.9 Å². The summed E-state index contributed by atoms with van der Waals surface area (Å²) in [6.07, 6.45) is 0.312. The van der Waals surface area contributed by atoms with Crippen molar-refractivity contribution in [2.45, 2.75) is 18.6 Å². The monoisotopic (exact) mass is 190 g/mol. The number of likely N-dealkylation sites (tertiary alicyclic amines) is 1. The van der Waals surface area contributed by atoms with E-state index in [4.69, 9.17) is 5.11 Å². The van der Waals surface area contributed by atoms with E-state index in [0.717, 1.165) is 19.5 Å². The molecular formula is C9H19FN2O. The number of hydrogen-bond donors (Lipinski definition) is 1. The minimum absolute atomic E-state index is 0.473. The van der Waals surface area contributed by atoms with Crippen molar-refractivity contribution in [3.63, 3.8) is 0 Å². The average molecular weight is 190 g/mol. The van der Waals surface area contributed by atoms with Crippen molar-refractivity contribution < 1.29 is 9.50 Å². The first kappa shape index (κ1) is 10.9. The lowest BCUT2D eigenvalue weighted by atomic mass is 10.2. The number of halogens is 1. The van der Waals surface area contributed by atoms with Crippen molar-refractivity contribution >= 4 is 0 Å². The van der Waals surface area contributed by atoms with Crippen LogP contribution in [0.15, 0.2) is 0 Å². The first-order valence-corrected chi connectivity index (χ1v) is 4.76. The topological polar surface area (TPSA) is 26.7 Å². The van der Waals surface area contributed by atoms with Gasteiger partial charge in [0.05, 0.1) is 6.10 Å². The maximum absolute atomic E-state index is 12.0. The van der Waals surface area contributed by atoms with Crippen LogP contribution in [0, 0.1) is 0 Å². The fourth-order valence-corrected chi connectivity index (χ4v) is 1.75. The van der Waals surface area contributed by atoms with Crippen molar-refractivity contribution in [1.29, 1.82) is 0 Å². The third-order valence-electron chi connectivity index (χ3n) is 2.62. The number of rotatable bonds is 4. The molecule has 2 unspecified atom stereocenters. The zero-order valence-electron chi connectivity index (χ0n) is 8.41. The van der Waals surface area contributed by atoms with Crippen LogP contribution < -0.4 is 0 Å². The second kappa shape index (κ2) is 4.88. The number of hydrogen-bond acceptors (Lipinski definition) is 3. The minimum atomic E-state index is -0.805. The van der Waals surface area contributed by atoms with E-state index in [1.165, 1.54) is 0 Å². The summed E-state index contributed by atoms with van der Waals surface area (Å²) in [5.74, 6) is 0. The Labute approximate surface area is 79.1 Å². The Balaban J connectivity index is 2.25. The van der Waals surface area contributed by atoms with Gasteiger partial charge in [-0.3, -0.25) is 4.90 Å². The lowest BCUT2D eigenvalue weighted by Gasteiger charge is -2.21. The quantitative estimate of drug-likeness (QED) is 0.673. The van der Waals surface area contributed by atoms with E-state index < -0.39 is 12.8 Å². The van der Waals surface area contributed by atoms with E-state index in [0.29, 0.717) is 12.6 Å². The fourth-order valence-electron chi connectivity index (χ4n) is 1.75. The average Bonchev–Trinajstić information content (AvgIpc) is 2.52. The first-order chi connectivity index (χ1) is 6.13. The molecule has 0 aromatic rings. The molecule has 0 spiro atoms. The van der Waals surface area contributed by atoms with Crippen molar-refractivity contribution in [2.24, 2.45) is 0 Å². The molecule has 0 aliphatic carbocycles. The highest BCUT2D eigenvalue weighted by molar-refractivity contribution is 4.81. The largest absolute Gasteiger partial charge is 0.389 e. The molecule has 13 heavy (non-hydrogen) atoms. The zero-order valence-corrected chi connectivity index (χ0v) is 8.41. The van der Waals surface area contributed by atoms with Gasteiger partial charge in [0, 0.05) is 19.1 Å². The number of likely N-dealkylation sites (N-methyl/N-ethyl adjacent to an activating group) is 1. The van der Waals surface area contributed by atoms with Crippen LogP contribution in [0.25, 0.3) is 0 Å². The van der Waals surface area contributed by atoms with E-state index in [1.807, 2.05) is 0 Å². The third-order valence-corrected chi connectivity index (χ3v) is 2.62. The molecule has 0 aromatic carbocycles. The second-order valence-corrected chi connectivity index (χ2v) is 3.97.